The molecule has 18 nitrogen and oxygen atoms in total. The van der Waals surface area contributed by atoms with Crippen LogP contribution in [0.5, 0.6) is 0 Å². The van der Waals surface area contributed by atoms with E-state index in [9.17, 15) is 14.9 Å². The van der Waals surface area contributed by atoms with E-state index in [1.807, 2.05) is 104 Å². The van der Waals surface area contributed by atoms with E-state index in [0.717, 1.165) is 162 Å². The van der Waals surface area contributed by atoms with Crippen LogP contribution in [0, 0.1) is 61.7 Å². The molecule has 0 bridgehead atoms. The van der Waals surface area contributed by atoms with Crippen molar-refractivity contribution in [1.82, 2.24) is 63.1 Å². The summed E-state index contributed by atoms with van der Waals surface area (Å²) in [5, 5.41) is 27.3. The maximum atomic E-state index is 13.5. The Bertz CT molecular complexity index is 4880. The quantitative estimate of drug-likeness (QED) is 0.0706. The monoisotopic (exact) mass is 1360 g/mol. The van der Waals surface area contributed by atoms with Crippen LogP contribution in [-0.2, 0) is 26.2 Å². The van der Waals surface area contributed by atoms with Crippen LogP contribution in [0.4, 0.5) is 0 Å². The lowest BCUT2D eigenvalue weighted by molar-refractivity contribution is 0.0915. The summed E-state index contributed by atoms with van der Waals surface area (Å²) in [7, 11) is 0. The minimum Gasteiger partial charge on any atom is -0.357 e. The van der Waals surface area contributed by atoms with Gasteiger partial charge < -0.3 is 18.7 Å². The number of ketones is 2. The van der Waals surface area contributed by atoms with Crippen molar-refractivity contribution in [2.45, 2.75) is 125 Å². The number of piperidine rings is 1. The second-order valence-electron chi connectivity index (χ2n) is 27.8. The second-order valence-corrected chi connectivity index (χ2v) is 28.1. The van der Waals surface area contributed by atoms with Crippen molar-refractivity contribution in [2.24, 2.45) is 0 Å². The summed E-state index contributed by atoms with van der Waals surface area (Å²) < 4.78 is 6.40. The zero-order valence-electron chi connectivity index (χ0n) is 58.7. The normalized spacial score (nSPS) is 16.0. The van der Waals surface area contributed by atoms with Crippen molar-refractivity contribution in [1.29, 1.82) is 15.8 Å². The minimum absolute atomic E-state index is 0.0788. The van der Waals surface area contributed by atoms with Gasteiger partial charge in [0.2, 0.25) is 0 Å². The molecule has 5 aliphatic rings. The van der Waals surface area contributed by atoms with E-state index in [4.69, 9.17) is 27.1 Å². The Labute approximate surface area is 597 Å². The Kier molecular flexibility index (Phi) is 22.3. The smallest absolute Gasteiger partial charge is 0.181 e. The zero-order valence-corrected chi connectivity index (χ0v) is 59.5. The number of fused-ring (bicyclic) bond motifs is 4. The number of carbonyl (C=O) groups excluding carboxylic acids is 2. The van der Waals surface area contributed by atoms with Crippen LogP contribution in [0.15, 0.2) is 134 Å². The second kappa shape index (κ2) is 32.3. The largest absolute Gasteiger partial charge is 0.357 e. The molecule has 0 amide bonds. The number of aryl methyl sites for hydroxylation is 2. The fourth-order valence-electron chi connectivity index (χ4n) is 15.4. The number of nitrogens with one attached hydrogen (secondary N) is 1. The Hall–Kier alpha value is -9.68. The van der Waals surface area contributed by atoms with E-state index in [0.29, 0.717) is 34.3 Å². The lowest BCUT2D eigenvalue weighted by atomic mass is 10.1. The third kappa shape index (κ3) is 16.2. The predicted molar refractivity (Wildman–Crippen MR) is 400 cm³/mol. The summed E-state index contributed by atoms with van der Waals surface area (Å²) >= 11 is 5.87. The number of alkyl halides is 1. The SMILES string of the molecule is Cc1c(C(=O)CCl)c2ncc(CN3CCCC3)cc2n1-c1ccc(C#N)cc1.Cc1c(C(=O)CN2CCCCC2)c2ncc(CN3CCCC3)cc2n1-c1ccc(C#N)cc1.Cc1cc2ncc(CN3CCCC3)cc2[nH]1.Cc1cc2ncc(CN3CCCC3)cc2n1-c1ccc(C#N)cc1. The van der Waals surface area contributed by atoms with Gasteiger partial charge in [-0.25, -0.2) is 0 Å². The molecule has 101 heavy (non-hydrogen) atoms. The highest BCUT2D eigenvalue weighted by molar-refractivity contribution is 6.32. The Morgan fingerprint density at radius 3 is 1.19 bits per heavy atom. The topological polar surface area (TPSA) is 204 Å². The van der Waals surface area contributed by atoms with E-state index in [2.05, 4.69) is 122 Å². The molecule has 16 rings (SSSR count). The van der Waals surface area contributed by atoms with Crippen molar-refractivity contribution >= 4 is 67.3 Å². The third-order valence-corrected chi connectivity index (χ3v) is 20.7. The molecule has 0 atom stereocenters. The number of benzene rings is 3. The fourth-order valence-corrected chi connectivity index (χ4v) is 15.6. The molecular weight excluding hydrogens is 1280 g/mol. The highest BCUT2D eigenvalue weighted by Gasteiger charge is 2.27. The molecule has 1 N–H and O–H groups in total. The summed E-state index contributed by atoms with van der Waals surface area (Å²) in [6.07, 6.45) is 21.7. The molecule has 516 valence electrons. The first-order chi connectivity index (χ1) is 49.3. The van der Waals surface area contributed by atoms with Crippen molar-refractivity contribution in [3.8, 4) is 35.3 Å². The van der Waals surface area contributed by atoms with Gasteiger partial charge in [-0.15, -0.1) is 11.6 Å². The molecule has 5 aliphatic heterocycles. The molecule has 19 heteroatoms. The lowest BCUT2D eigenvalue weighted by Gasteiger charge is -2.25. The number of rotatable bonds is 16. The minimum atomic E-state index is -0.128. The van der Waals surface area contributed by atoms with Gasteiger partial charge in [-0.1, -0.05) is 6.42 Å². The number of hydrogen-bond donors (Lipinski definition) is 1. The molecular formula is C82H89ClN16O2. The number of nitrogens with zero attached hydrogens (tertiary/aromatic N) is 15. The van der Waals surface area contributed by atoms with Crippen molar-refractivity contribution in [3.63, 3.8) is 0 Å². The molecule has 13 heterocycles. The number of aromatic nitrogens is 8. The van der Waals surface area contributed by atoms with Crippen LogP contribution < -0.4 is 0 Å². The van der Waals surface area contributed by atoms with Gasteiger partial charge in [0.05, 0.1) is 103 Å². The van der Waals surface area contributed by atoms with E-state index in [1.165, 1.54) is 106 Å². The van der Waals surface area contributed by atoms with Gasteiger partial charge in [-0.2, -0.15) is 15.8 Å². The van der Waals surface area contributed by atoms with Crippen LogP contribution >= 0.6 is 11.6 Å². The number of halogens is 1. The molecule has 0 unspecified atom stereocenters. The first-order valence-electron chi connectivity index (χ1n) is 36.0. The lowest BCUT2D eigenvalue weighted by Crippen LogP contribution is -2.34. The molecule has 0 radical (unpaired) electrons. The predicted octanol–water partition coefficient (Wildman–Crippen LogP) is 15.0. The zero-order chi connectivity index (χ0) is 69.9. The van der Waals surface area contributed by atoms with Gasteiger partial charge in [0, 0.05) is 90.8 Å². The van der Waals surface area contributed by atoms with Gasteiger partial charge in [0.1, 0.15) is 0 Å². The van der Waals surface area contributed by atoms with E-state index >= 15 is 0 Å². The van der Waals surface area contributed by atoms with Gasteiger partial charge in [-0.05, 0) is 289 Å². The first-order valence-corrected chi connectivity index (χ1v) is 36.5. The van der Waals surface area contributed by atoms with Crippen LogP contribution in [0.25, 0.3) is 61.2 Å². The number of H-pyrrole nitrogens is 1. The average molecular weight is 1370 g/mol. The maximum absolute atomic E-state index is 13.5. The van der Waals surface area contributed by atoms with Crippen LogP contribution in [0.3, 0.4) is 0 Å². The van der Waals surface area contributed by atoms with Gasteiger partial charge in [0.25, 0.3) is 0 Å². The molecule has 0 aliphatic carbocycles. The standard InChI is InChI=1S/C27H31N5O.C22H21ClN4O.C20H20N4.C13H17N3/c1-20-26(25(33)19-31-11-3-2-4-12-31)27-24(32(20)23-9-7-21(16-28)8-10-23)15-22(17-29-27)18-30-13-5-6-14-30;1-15-21(20(28)11-23)22-19(27(15)18-6-4-16(12-24)5-7-18)10-17(13-25-22)14-26-8-2-3-9-26;1-15-10-19-20(24(15)18-6-4-16(12-21)5-7-18)11-17(13-22-19)14-23-8-2-3-9-23;1-10-6-12-13(15-10)7-11(8-14-12)9-16-4-2-3-5-16/h7-10,15,17H,2-6,11-14,18-19H2,1H3;4-7,10,13H,2-3,8-9,11,14H2,1H3;4-7,10-11,13H,2-3,8-9,14H2,1H3;6-8,15H,2-5,9H2,1H3. The number of carbonyl (C=O) groups is 2. The van der Waals surface area contributed by atoms with Gasteiger partial charge in [-0.3, -0.25) is 54.0 Å². The van der Waals surface area contributed by atoms with E-state index < -0.39 is 0 Å². The highest BCUT2D eigenvalue weighted by atomic mass is 35.5. The van der Waals surface area contributed by atoms with Crippen molar-refractivity contribution < 1.29 is 9.59 Å². The summed E-state index contributed by atoms with van der Waals surface area (Å²) in [5.74, 6) is -0.0622. The number of aromatic amines is 1. The molecule has 5 saturated heterocycles. The Balaban J connectivity index is 0.000000124. The molecule has 0 spiro atoms. The summed E-state index contributed by atoms with van der Waals surface area (Å²) in [4.78, 5) is 60.2. The number of pyridine rings is 4. The fraction of sp³-hybridized carbons (Fsp3) is 0.378. The van der Waals surface area contributed by atoms with Gasteiger partial charge in [0.15, 0.2) is 11.6 Å². The Morgan fingerprint density at radius 2 is 0.772 bits per heavy atom. The number of likely N-dealkylation sites (tertiary alicyclic amines) is 5. The van der Waals surface area contributed by atoms with Crippen molar-refractivity contribution in [2.75, 3.05) is 77.9 Å². The van der Waals surface area contributed by atoms with E-state index in [-0.39, 0.29) is 17.4 Å². The number of Topliss-reactive ketones (excluding diaryl/α,β-unsaturated/α-hetero) is 2. The molecule has 11 aromatic rings. The summed E-state index contributed by atoms with van der Waals surface area (Å²) in [6.45, 7) is 23.6. The third-order valence-electron chi connectivity index (χ3n) is 20.4. The highest BCUT2D eigenvalue weighted by Crippen LogP contribution is 2.33. The number of nitriles is 3. The number of hydrogen-bond acceptors (Lipinski definition) is 14. The molecule has 0 saturated carbocycles. The molecule has 8 aromatic heterocycles. The average Bonchev–Trinajstić information content (AvgIpc) is 1.61. The first kappa shape index (κ1) is 69.8. The maximum Gasteiger partial charge on any atom is 0.181 e. The van der Waals surface area contributed by atoms with Gasteiger partial charge >= 0.3 is 0 Å². The van der Waals surface area contributed by atoms with Crippen LogP contribution in [-0.4, -0.2) is 153 Å². The van der Waals surface area contributed by atoms with Crippen molar-refractivity contribution in [3.05, 3.63) is 207 Å². The molecule has 3 aromatic carbocycles. The van der Waals surface area contributed by atoms with Crippen LogP contribution in [0.2, 0.25) is 0 Å². The summed E-state index contributed by atoms with van der Waals surface area (Å²) in [6, 6.07) is 42.2. The van der Waals surface area contributed by atoms with E-state index in [1.54, 1.807) is 12.1 Å². The summed E-state index contributed by atoms with van der Waals surface area (Å²) in [5.41, 5.74) is 22.8. The molecule has 5 fully saturated rings. The Morgan fingerprint density at radius 1 is 0.416 bits per heavy atom. The van der Waals surface area contributed by atoms with Crippen LogP contribution in [0.1, 0.15) is 153 Å².